The molecule has 38 heavy (non-hydrogen) atoms. The van der Waals surface area contributed by atoms with Crippen molar-refractivity contribution in [2.45, 2.75) is 42.3 Å². The van der Waals surface area contributed by atoms with Gasteiger partial charge in [-0.05, 0) is 36.6 Å². The van der Waals surface area contributed by atoms with Crippen molar-refractivity contribution in [2.24, 2.45) is 0 Å². The van der Waals surface area contributed by atoms with E-state index in [2.05, 4.69) is 29.2 Å². The third kappa shape index (κ3) is 3.65. The number of hydrogen-bond donors (Lipinski definition) is 0. The Bertz CT molecular complexity index is 1480. The molecule has 1 unspecified atom stereocenters. The summed E-state index contributed by atoms with van der Waals surface area (Å²) in [5.41, 5.74) is 2.90. The zero-order valence-corrected chi connectivity index (χ0v) is 22.0. The number of thioether (sulfide) groups is 1. The summed E-state index contributed by atoms with van der Waals surface area (Å²) in [4.78, 5) is 5.98. The maximum atomic E-state index is 14.4. The van der Waals surface area contributed by atoms with Crippen LogP contribution in [0.3, 0.4) is 0 Å². The Labute approximate surface area is 223 Å². The first-order valence-corrected chi connectivity index (χ1v) is 13.2. The van der Waals surface area contributed by atoms with Crippen molar-refractivity contribution in [3.8, 4) is 0 Å². The van der Waals surface area contributed by atoms with Crippen LogP contribution in [0.1, 0.15) is 36.6 Å². The van der Waals surface area contributed by atoms with E-state index in [0.717, 1.165) is 39.1 Å². The molecule has 194 valence electrons. The molecule has 3 heterocycles. The van der Waals surface area contributed by atoms with Gasteiger partial charge in [-0.25, -0.2) is 4.98 Å². The summed E-state index contributed by atoms with van der Waals surface area (Å²) >= 11 is 1.58. The lowest BCUT2D eigenvalue weighted by Gasteiger charge is -2.43. The average Bonchev–Trinajstić information content (AvgIpc) is 3.43. The Morgan fingerprint density at radius 2 is 1.63 bits per heavy atom. The van der Waals surface area contributed by atoms with Crippen molar-refractivity contribution >= 4 is 23.4 Å². The third-order valence-electron chi connectivity index (χ3n) is 7.37. The lowest BCUT2D eigenvalue weighted by atomic mass is 9.78. The van der Waals surface area contributed by atoms with Gasteiger partial charge in [0.25, 0.3) is 0 Å². The molecule has 3 aromatic rings. The molecule has 0 N–H and O–H groups in total. The highest BCUT2D eigenvalue weighted by molar-refractivity contribution is 7.99. The normalized spacial score (nSPS) is 20.5. The smallest absolute Gasteiger partial charge is 0.431 e. The Kier molecular flexibility index (Phi) is 5.83. The van der Waals surface area contributed by atoms with Crippen molar-refractivity contribution in [2.75, 3.05) is 12.0 Å². The number of alkyl halides is 3. The van der Waals surface area contributed by atoms with E-state index in [0.29, 0.717) is 12.2 Å². The monoisotopic (exact) mass is 533 g/mol. The Hall–Kier alpha value is -3.65. The van der Waals surface area contributed by atoms with Crippen LogP contribution in [-0.2, 0) is 4.74 Å². The fourth-order valence-corrected chi connectivity index (χ4v) is 7.20. The van der Waals surface area contributed by atoms with Crippen molar-refractivity contribution in [1.82, 2.24) is 9.55 Å². The number of allylic oxidation sites excluding steroid dienone is 4. The van der Waals surface area contributed by atoms with Gasteiger partial charge < -0.3 is 4.74 Å². The first kappa shape index (κ1) is 24.7. The van der Waals surface area contributed by atoms with Gasteiger partial charge in [0.2, 0.25) is 5.95 Å². The highest BCUT2D eigenvalue weighted by atomic mass is 32.2. The summed E-state index contributed by atoms with van der Waals surface area (Å²) in [6.07, 6.45) is 2.03. The van der Waals surface area contributed by atoms with Gasteiger partial charge in [-0.1, -0.05) is 84.6 Å². The van der Waals surface area contributed by atoms with E-state index in [1.54, 1.807) is 25.1 Å². The van der Waals surface area contributed by atoms with Crippen molar-refractivity contribution < 1.29 is 17.9 Å². The first-order valence-electron chi connectivity index (χ1n) is 12.3. The fourth-order valence-electron chi connectivity index (χ4n) is 5.98. The number of nitrogens with zero attached hydrogens (tertiary/aromatic N) is 3. The second-order valence-corrected chi connectivity index (χ2v) is 10.8. The highest BCUT2D eigenvalue weighted by Crippen LogP contribution is 2.58. The zero-order chi connectivity index (χ0) is 26.7. The van der Waals surface area contributed by atoms with Gasteiger partial charge in [-0.15, -0.1) is 0 Å². The number of hydrogen-bond acceptors (Lipinski definition) is 4. The molecule has 2 aromatic carbocycles. The molecule has 2 aliphatic heterocycles. The van der Waals surface area contributed by atoms with Crippen molar-refractivity contribution in [3.05, 3.63) is 119 Å². The number of anilines is 1. The third-order valence-corrected chi connectivity index (χ3v) is 8.68. The number of ether oxygens (including phenoxy) is 1. The summed E-state index contributed by atoms with van der Waals surface area (Å²) < 4.78 is 50.8. The van der Waals surface area contributed by atoms with E-state index >= 15 is 0 Å². The van der Waals surface area contributed by atoms with Crippen LogP contribution < -0.4 is 4.90 Å². The molecule has 0 fully saturated rings. The Balaban J connectivity index is 1.56. The summed E-state index contributed by atoms with van der Waals surface area (Å²) in [6, 6.07) is 20.2. The number of halogens is 3. The minimum Gasteiger partial charge on any atom is -0.496 e. The van der Waals surface area contributed by atoms with Crippen LogP contribution in [0.15, 0.2) is 113 Å². The predicted octanol–water partition coefficient (Wildman–Crippen LogP) is 7.89. The van der Waals surface area contributed by atoms with Gasteiger partial charge >= 0.3 is 6.18 Å². The molecule has 0 radical (unpaired) electrons. The molecular weight excluding hydrogens is 507 g/mol. The fraction of sp³-hybridized carbons (Fsp3) is 0.233. The maximum absolute atomic E-state index is 14.4. The largest absolute Gasteiger partial charge is 0.496 e. The maximum Gasteiger partial charge on any atom is 0.431 e. The Morgan fingerprint density at radius 3 is 2.21 bits per heavy atom. The molecule has 1 atom stereocenters. The molecular formula is C30H26F3N3OS. The zero-order valence-electron chi connectivity index (χ0n) is 21.2. The molecule has 1 aliphatic carbocycles. The second-order valence-electron chi connectivity index (χ2n) is 9.68. The lowest BCUT2D eigenvalue weighted by molar-refractivity contribution is -0.0945. The number of methoxy groups -OCH3 is 1. The minimum atomic E-state index is -4.54. The molecule has 0 saturated carbocycles. The number of imidazole rings is 1. The molecule has 0 bridgehead atoms. The summed E-state index contributed by atoms with van der Waals surface area (Å²) in [5, 5.41) is 0.689. The van der Waals surface area contributed by atoms with Crippen molar-refractivity contribution in [3.63, 3.8) is 0 Å². The molecule has 3 aliphatic rings. The molecule has 6 rings (SSSR count). The lowest BCUT2D eigenvalue weighted by Crippen LogP contribution is -2.50. The topological polar surface area (TPSA) is 30.3 Å². The Morgan fingerprint density at radius 1 is 1.00 bits per heavy atom. The van der Waals surface area contributed by atoms with Gasteiger partial charge in [-0.3, -0.25) is 9.47 Å². The van der Waals surface area contributed by atoms with Crippen LogP contribution in [0.2, 0.25) is 0 Å². The van der Waals surface area contributed by atoms with E-state index in [1.807, 2.05) is 60.9 Å². The van der Waals surface area contributed by atoms with E-state index in [4.69, 9.17) is 4.74 Å². The number of benzene rings is 2. The van der Waals surface area contributed by atoms with Gasteiger partial charge in [0.15, 0.2) is 0 Å². The summed E-state index contributed by atoms with van der Waals surface area (Å²) in [6.45, 7) is 3.84. The summed E-state index contributed by atoms with van der Waals surface area (Å²) in [5.74, 6) is 0.974. The molecule has 0 amide bonds. The minimum absolute atomic E-state index is 0.0800. The second kappa shape index (κ2) is 8.98. The van der Waals surface area contributed by atoms with Crippen LogP contribution in [0.5, 0.6) is 0 Å². The molecule has 4 nitrogen and oxygen atoms in total. The molecule has 1 spiro atoms. The SMILES string of the molecule is COC1=C(C)CC23C=CC=C(C(F)(F)F)N2c2ncc(SC(c4ccccc4)c4ccccc4)n2C3=C1C. The van der Waals surface area contributed by atoms with Gasteiger partial charge in [-0.2, -0.15) is 13.2 Å². The van der Waals surface area contributed by atoms with Crippen LogP contribution in [-0.4, -0.2) is 28.4 Å². The number of aromatic nitrogens is 2. The summed E-state index contributed by atoms with van der Waals surface area (Å²) in [7, 11) is 1.61. The first-order chi connectivity index (χ1) is 18.3. The quantitative estimate of drug-likeness (QED) is 0.312. The van der Waals surface area contributed by atoms with Crippen LogP contribution in [0.4, 0.5) is 19.1 Å². The van der Waals surface area contributed by atoms with Gasteiger partial charge in [0.1, 0.15) is 22.0 Å². The van der Waals surface area contributed by atoms with E-state index < -0.39 is 17.4 Å². The van der Waals surface area contributed by atoms with Gasteiger partial charge in [0.05, 0.1) is 24.3 Å². The number of fused-ring (bicyclic) bond motifs is 3. The standard InChI is InChI=1S/C30H26F3N3OS/c1-19-17-29-16-10-15-23(30(31,32)33)36(29)28-34-18-24(35(28)27(29)20(2)25(19)37-3)38-26(21-11-6-4-7-12-21)22-13-8-5-9-14-22/h4-16,18,26H,17H2,1-3H3. The molecule has 0 saturated heterocycles. The van der Waals surface area contributed by atoms with Crippen molar-refractivity contribution in [1.29, 1.82) is 0 Å². The molecule has 8 heteroatoms. The van der Waals surface area contributed by atoms with E-state index in [1.165, 1.54) is 11.0 Å². The van der Waals surface area contributed by atoms with E-state index in [-0.39, 0.29) is 11.2 Å². The molecule has 1 aromatic heterocycles. The highest BCUT2D eigenvalue weighted by Gasteiger charge is 2.58. The average molecular weight is 534 g/mol. The van der Waals surface area contributed by atoms with Gasteiger partial charge in [0, 0.05) is 12.0 Å². The van der Waals surface area contributed by atoms with E-state index in [9.17, 15) is 13.2 Å². The van der Waals surface area contributed by atoms with Crippen LogP contribution >= 0.6 is 11.8 Å². The predicted molar refractivity (Wildman–Crippen MR) is 145 cm³/mol. The van der Waals surface area contributed by atoms with Crippen LogP contribution in [0, 0.1) is 0 Å². The van der Waals surface area contributed by atoms with Crippen LogP contribution in [0.25, 0.3) is 5.70 Å². The number of rotatable bonds is 5.